The van der Waals surface area contributed by atoms with Gasteiger partial charge in [-0.05, 0) is 6.92 Å². The van der Waals surface area contributed by atoms with E-state index in [9.17, 15) is 20.1 Å². The predicted molar refractivity (Wildman–Crippen MR) is 65.5 cm³/mol. The minimum absolute atomic E-state index is 0.0816. The van der Waals surface area contributed by atoms with Gasteiger partial charge in [-0.1, -0.05) is 6.58 Å². The van der Waals surface area contributed by atoms with E-state index in [0.29, 0.717) is 0 Å². The van der Waals surface area contributed by atoms with Crippen molar-refractivity contribution in [1.29, 1.82) is 0 Å². The molecule has 1 rings (SSSR count). The maximum atomic E-state index is 11.1. The van der Waals surface area contributed by atoms with E-state index in [4.69, 9.17) is 19.3 Å². The normalized spacial score (nSPS) is 33.8. The third-order valence-electron chi connectivity index (χ3n) is 2.80. The first-order valence-electron chi connectivity index (χ1n) is 6.13. The SMILES string of the molecule is C=C(C)C(=O)OCCO[C@H]1OC(CO)[C@@H](O)C(O)[C@H]1O. The summed E-state index contributed by atoms with van der Waals surface area (Å²) in [5.74, 6) is -0.567. The van der Waals surface area contributed by atoms with Crippen LogP contribution in [0, 0.1) is 0 Å². The van der Waals surface area contributed by atoms with Crippen LogP contribution in [0.1, 0.15) is 6.92 Å². The molecule has 0 aromatic heterocycles. The van der Waals surface area contributed by atoms with Crippen molar-refractivity contribution < 1.29 is 39.4 Å². The summed E-state index contributed by atoms with van der Waals surface area (Å²) in [5, 5.41) is 37.7. The Morgan fingerprint density at radius 2 is 1.85 bits per heavy atom. The third-order valence-corrected chi connectivity index (χ3v) is 2.80. The number of hydrogen-bond donors (Lipinski definition) is 4. The molecule has 20 heavy (non-hydrogen) atoms. The zero-order valence-electron chi connectivity index (χ0n) is 11.1. The fourth-order valence-corrected chi connectivity index (χ4v) is 1.63. The Hall–Kier alpha value is -1.03. The summed E-state index contributed by atoms with van der Waals surface area (Å²) >= 11 is 0. The molecule has 1 fully saturated rings. The largest absolute Gasteiger partial charge is 0.460 e. The molecule has 0 aromatic carbocycles. The third kappa shape index (κ3) is 4.23. The highest BCUT2D eigenvalue weighted by molar-refractivity contribution is 5.86. The van der Waals surface area contributed by atoms with Crippen LogP contribution in [0.3, 0.4) is 0 Å². The van der Waals surface area contributed by atoms with Crippen LogP contribution in [0.2, 0.25) is 0 Å². The maximum Gasteiger partial charge on any atom is 0.333 e. The van der Waals surface area contributed by atoms with Crippen LogP contribution >= 0.6 is 0 Å². The summed E-state index contributed by atoms with van der Waals surface area (Å²) in [6, 6.07) is 0. The van der Waals surface area contributed by atoms with E-state index in [1.165, 1.54) is 6.92 Å². The van der Waals surface area contributed by atoms with Crippen LogP contribution < -0.4 is 0 Å². The molecule has 1 aliphatic rings. The van der Waals surface area contributed by atoms with Crippen LogP contribution in [0.5, 0.6) is 0 Å². The van der Waals surface area contributed by atoms with Crippen LogP contribution in [0.15, 0.2) is 12.2 Å². The van der Waals surface area contributed by atoms with Crippen molar-refractivity contribution in [1.82, 2.24) is 0 Å². The monoisotopic (exact) mass is 292 g/mol. The van der Waals surface area contributed by atoms with Crippen molar-refractivity contribution >= 4 is 5.97 Å². The molecule has 0 bridgehead atoms. The van der Waals surface area contributed by atoms with Crippen molar-refractivity contribution in [3.8, 4) is 0 Å². The molecule has 8 heteroatoms. The quantitative estimate of drug-likeness (QED) is 0.250. The van der Waals surface area contributed by atoms with E-state index < -0.39 is 43.3 Å². The van der Waals surface area contributed by atoms with Gasteiger partial charge in [0, 0.05) is 5.57 Å². The lowest BCUT2D eigenvalue weighted by atomic mass is 9.99. The molecule has 0 spiro atoms. The molecule has 0 amide bonds. The van der Waals surface area contributed by atoms with E-state index in [2.05, 4.69) is 6.58 Å². The molecule has 0 aliphatic carbocycles. The number of carbonyl (C=O) groups excluding carboxylic acids is 1. The highest BCUT2D eigenvalue weighted by Crippen LogP contribution is 2.21. The molecule has 4 N–H and O–H groups in total. The molecule has 2 unspecified atom stereocenters. The number of hydrogen-bond acceptors (Lipinski definition) is 8. The maximum absolute atomic E-state index is 11.1. The van der Waals surface area contributed by atoms with Gasteiger partial charge >= 0.3 is 5.97 Å². The Labute approximate surface area is 116 Å². The van der Waals surface area contributed by atoms with Gasteiger partial charge in [0.25, 0.3) is 0 Å². The van der Waals surface area contributed by atoms with Gasteiger partial charge in [0.05, 0.1) is 13.2 Å². The number of aliphatic hydroxyl groups excluding tert-OH is 4. The van der Waals surface area contributed by atoms with Crippen molar-refractivity contribution in [2.45, 2.75) is 37.6 Å². The number of aliphatic hydroxyl groups is 4. The molecular formula is C12H20O8. The van der Waals surface area contributed by atoms with Gasteiger partial charge in [0.15, 0.2) is 6.29 Å². The first kappa shape index (κ1) is 17.0. The Kier molecular flexibility index (Phi) is 6.53. The highest BCUT2D eigenvalue weighted by atomic mass is 16.7. The molecular weight excluding hydrogens is 272 g/mol. The molecule has 0 radical (unpaired) electrons. The summed E-state index contributed by atoms with van der Waals surface area (Å²) in [4.78, 5) is 11.1. The molecule has 5 atom stereocenters. The number of carbonyl (C=O) groups is 1. The summed E-state index contributed by atoms with van der Waals surface area (Å²) in [5.41, 5.74) is 0.248. The smallest absolute Gasteiger partial charge is 0.333 e. The van der Waals surface area contributed by atoms with Crippen LogP contribution in [-0.4, -0.2) is 76.9 Å². The molecule has 0 saturated carbocycles. The fraction of sp³-hybridized carbons (Fsp3) is 0.750. The van der Waals surface area contributed by atoms with Crippen LogP contribution in [-0.2, 0) is 19.0 Å². The fourth-order valence-electron chi connectivity index (χ4n) is 1.63. The van der Waals surface area contributed by atoms with Crippen molar-refractivity contribution in [2.75, 3.05) is 19.8 Å². The minimum Gasteiger partial charge on any atom is -0.460 e. The number of ether oxygens (including phenoxy) is 3. The lowest BCUT2D eigenvalue weighted by Crippen LogP contribution is -2.59. The van der Waals surface area contributed by atoms with E-state index in [-0.39, 0.29) is 18.8 Å². The lowest BCUT2D eigenvalue weighted by Gasteiger charge is -2.39. The second-order valence-electron chi connectivity index (χ2n) is 4.48. The highest BCUT2D eigenvalue weighted by Gasteiger charge is 2.43. The number of rotatable bonds is 6. The molecule has 8 nitrogen and oxygen atoms in total. The van der Waals surface area contributed by atoms with Gasteiger partial charge in [0.1, 0.15) is 31.0 Å². The van der Waals surface area contributed by atoms with E-state index in [1.807, 2.05) is 0 Å². The zero-order valence-corrected chi connectivity index (χ0v) is 11.1. The van der Waals surface area contributed by atoms with E-state index in [0.717, 1.165) is 0 Å². The molecule has 1 heterocycles. The minimum atomic E-state index is -1.50. The van der Waals surface area contributed by atoms with Gasteiger partial charge in [-0.15, -0.1) is 0 Å². The standard InChI is InChI=1S/C12H20O8/c1-6(2)11(17)18-3-4-19-12-10(16)9(15)8(14)7(5-13)20-12/h7-10,12-16H,1,3-5H2,2H3/t7?,8-,9?,10-,12+/m1/s1. The molecule has 0 aromatic rings. The summed E-state index contributed by atoms with van der Waals surface area (Å²) < 4.78 is 15.0. The second-order valence-corrected chi connectivity index (χ2v) is 4.48. The summed E-state index contributed by atoms with van der Waals surface area (Å²) in [7, 11) is 0. The number of esters is 1. The van der Waals surface area contributed by atoms with Gasteiger partial charge in [-0.2, -0.15) is 0 Å². The van der Waals surface area contributed by atoms with Gasteiger partial charge in [0.2, 0.25) is 0 Å². The Morgan fingerprint density at radius 3 is 2.40 bits per heavy atom. The van der Waals surface area contributed by atoms with Crippen LogP contribution in [0.4, 0.5) is 0 Å². The Bertz CT molecular complexity index is 342. The Morgan fingerprint density at radius 1 is 1.20 bits per heavy atom. The predicted octanol–water partition coefficient (Wildman–Crippen LogP) is -2.08. The Balaban J connectivity index is 2.39. The molecule has 1 saturated heterocycles. The average Bonchev–Trinajstić information content (AvgIpc) is 2.42. The van der Waals surface area contributed by atoms with Crippen molar-refractivity contribution in [3.63, 3.8) is 0 Å². The topological polar surface area (TPSA) is 126 Å². The van der Waals surface area contributed by atoms with Gasteiger partial charge < -0.3 is 34.6 Å². The summed E-state index contributed by atoms with van der Waals surface area (Å²) in [6.45, 7) is 4.21. The van der Waals surface area contributed by atoms with Crippen molar-refractivity contribution in [3.05, 3.63) is 12.2 Å². The molecule has 1 aliphatic heterocycles. The summed E-state index contributed by atoms with van der Waals surface area (Å²) in [6.07, 6.45) is -6.66. The van der Waals surface area contributed by atoms with Crippen molar-refractivity contribution in [2.24, 2.45) is 0 Å². The lowest BCUT2D eigenvalue weighted by molar-refractivity contribution is -0.302. The van der Waals surface area contributed by atoms with Gasteiger partial charge in [-0.3, -0.25) is 0 Å². The van der Waals surface area contributed by atoms with E-state index >= 15 is 0 Å². The van der Waals surface area contributed by atoms with E-state index in [1.54, 1.807) is 0 Å². The average molecular weight is 292 g/mol. The van der Waals surface area contributed by atoms with Gasteiger partial charge in [-0.25, -0.2) is 4.79 Å². The second kappa shape index (κ2) is 7.67. The first-order chi connectivity index (χ1) is 9.38. The van der Waals surface area contributed by atoms with Crippen LogP contribution in [0.25, 0.3) is 0 Å². The first-order valence-corrected chi connectivity index (χ1v) is 6.13. The molecule has 116 valence electrons. The zero-order chi connectivity index (χ0) is 15.3.